The van der Waals surface area contributed by atoms with Gasteiger partial charge in [0.2, 0.25) is 0 Å². The number of fused-ring (bicyclic) bond motifs is 4. The van der Waals surface area contributed by atoms with Gasteiger partial charge < -0.3 is 0 Å². The molecule has 5 heteroatoms. The molecule has 0 bridgehead atoms. The van der Waals surface area contributed by atoms with E-state index in [9.17, 15) is 4.79 Å². The summed E-state index contributed by atoms with van der Waals surface area (Å²) in [5.74, 6) is -0.998. The summed E-state index contributed by atoms with van der Waals surface area (Å²) in [4.78, 5) is 39.8. The molecule has 0 spiro atoms. The first-order chi connectivity index (χ1) is 26.7. The summed E-state index contributed by atoms with van der Waals surface area (Å²) in [6, 6.07) is 52.7. The first-order valence-corrected chi connectivity index (χ1v) is 18.0. The zero-order valence-corrected chi connectivity index (χ0v) is 29.1. The Hall–Kier alpha value is -7.24. The molecule has 254 valence electrons. The van der Waals surface area contributed by atoms with Crippen molar-refractivity contribution in [1.82, 2.24) is 9.97 Å². The number of carbonyl (C=O) groups excluding carboxylic acids is 2. The minimum atomic E-state index is -0.343. The number of anilines is 1. The second-order valence-electron chi connectivity index (χ2n) is 13.6. The molecular weight excluding hydrogens is 663 g/mol. The SMILES string of the molecule is O=C1c2cccc(C3c4c(-c5ccncc5)cccc4-c4cccc(-c5ccncc5)c43)c2C(=O)N1c1ccc(-c2ccccc2)cc1-c1ccccc1. The minimum Gasteiger partial charge on any atom is -0.268 e. The van der Waals surface area contributed by atoms with Gasteiger partial charge in [-0.25, -0.2) is 4.90 Å². The third-order valence-electron chi connectivity index (χ3n) is 10.7. The fraction of sp³-hybridized carbons (Fsp3) is 0.0204. The number of pyridine rings is 2. The molecule has 2 aromatic heterocycles. The highest BCUT2D eigenvalue weighted by Crippen LogP contribution is 2.55. The molecule has 0 N–H and O–H groups in total. The lowest BCUT2D eigenvalue weighted by atomic mass is 9.80. The number of benzene rings is 6. The number of rotatable bonds is 6. The zero-order valence-electron chi connectivity index (χ0n) is 29.1. The second-order valence-corrected chi connectivity index (χ2v) is 13.6. The first kappa shape index (κ1) is 31.5. The number of amides is 2. The van der Waals surface area contributed by atoms with Crippen molar-refractivity contribution < 1.29 is 9.59 Å². The Bertz CT molecular complexity index is 2660. The Balaban J connectivity index is 1.19. The van der Waals surface area contributed by atoms with Crippen molar-refractivity contribution in [2.45, 2.75) is 5.92 Å². The summed E-state index contributed by atoms with van der Waals surface area (Å²) < 4.78 is 0. The van der Waals surface area contributed by atoms with E-state index >= 15 is 4.79 Å². The van der Waals surface area contributed by atoms with Crippen molar-refractivity contribution in [1.29, 1.82) is 0 Å². The normalized spacial score (nSPS) is 13.1. The minimum absolute atomic E-state index is 0.326. The van der Waals surface area contributed by atoms with Gasteiger partial charge in [0, 0.05) is 36.3 Å². The molecule has 0 saturated carbocycles. The van der Waals surface area contributed by atoms with Crippen molar-refractivity contribution >= 4 is 17.5 Å². The predicted molar refractivity (Wildman–Crippen MR) is 214 cm³/mol. The van der Waals surface area contributed by atoms with Crippen LogP contribution in [0.5, 0.6) is 0 Å². The Labute approximate surface area is 312 Å². The molecule has 0 fully saturated rings. The van der Waals surface area contributed by atoms with E-state index in [2.05, 4.69) is 64.6 Å². The van der Waals surface area contributed by atoms with E-state index in [1.807, 2.05) is 122 Å². The second kappa shape index (κ2) is 12.8. The summed E-state index contributed by atoms with van der Waals surface area (Å²) in [6.45, 7) is 0. The Morgan fingerprint density at radius 1 is 0.389 bits per heavy atom. The largest absolute Gasteiger partial charge is 0.268 e. The van der Waals surface area contributed by atoms with Crippen LogP contribution in [-0.2, 0) is 0 Å². The number of aromatic nitrogens is 2. The maximum atomic E-state index is 15.1. The average Bonchev–Trinajstić information content (AvgIpc) is 3.72. The molecule has 0 radical (unpaired) electrons. The van der Waals surface area contributed by atoms with Crippen LogP contribution in [0.4, 0.5) is 5.69 Å². The van der Waals surface area contributed by atoms with Crippen molar-refractivity contribution in [3.05, 3.63) is 210 Å². The molecule has 2 amide bonds. The first-order valence-electron chi connectivity index (χ1n) is 18.0. The summed E-state index contributed by atoms with van der Waals surface area (Å²) in [5.41, 5.74) is 14.6. The van der Waals surface area contributed by atoms with Gasteiger partial charge in [-0.3, -0.25) is 19.6 Å². The summed E-state index contributed by atoms with van der Waals surface area (Å²) in [6.07, 6.45) is 7.23. The molecule has 0 saturated heterocycles. The Morgan fingerprint density at radius 3 is 1.48 bits per heavy atom. The average molecular weight is 694 g/mol. The van der Waals surface area contributed by atoms with Gasteiger partial charge >= 0.3 is 0 Å². The smallest absolute Gasteiger partial charge is 0.266 e. The predicted octanol–water partition coefficient (Wildman–Crippen LogP) is 11.1. The maximum absolute atomic E-state index is 15.1. The van der Waals surface area contributed by atoms with Gasteiger partial charge in [-0.2, -0.15) is 0 Å². The van der Waals surface area contributed by atoms with Crippen molar-refractivity contribution in [2.24, 2.45) is 0 Å². The van der Waals surface area contributed by atoms with Crippen LogP contribution in [0.1, 0.15) is 43.3 Å². The summed E-state index contributed by atoms with van der Waals surface area (Å²) in [5, 5.41) is 0. The van der Waals surface area contributed by atoms with Crippen LogP contribution in [0.25, 0.3) is 55.6 Å². The molecule has 1 aliphatic carbocycles. The fourth-order valence-electron chi connectivity index (χ4n) is 8.40. The van der Waals surface area contributed by atoms with Crippen LogP contribution in [0.3, 0.4) is 0 Å². The molecule has 0 atom stereocenters. The van der Waals surface area contributed by atoms with Gasteiger partial charge in [-0.05, 0) is 109 Å². The van der Waals surface area contributed by atoms with E-state index in [0.717, 1.165) is 72.3 Å². The number of nitrogens with zero attached hydrogens (tertiary/aromatic N) is 3. The zero-order chi connectivity index (χ0) is 36.2. The lowest BCUT2D eigenvalue weighted by Gasteiger charge is -2.23. The number of hydrogen-bond donors (Lipinski definition) is 0. The van der Waals surface area contributed by atoms with Crippen LogP contribution in [0, 0.1) is 0 Å². The molecule has 5 nitrogen and oxygen atoms in total. The lowest BCUT2D eigenvalue weighted by molar-refractivity contribution is 0.0926. The molecule has 54 heavy (non-hydrogen) atoms. The molecular formula is C49H31N3O2. The lowest BCUT2D eigenvalue weighted by Crippen LogP contribution is -2.30. The quantitative estimate of drug-likeness (QED) is 0.163. The Kier molecular flexibility index (Phi) is 7.44. The van der Waals surface area contributed by atoms with Crippen molar-refractivity contribution in [3.8, 4) is 55.6 Å². The Morgan fingerprint density at radius 2 is 0.889 bits per heavy atom. The summed E-state index contributed by atoms with van der Waals surface area (Å²) in [7, 11) is 0. The molecule has 8 aromatic rings. The number of imide groups is 1. The van der Waals surface area contributed by atoms with Gasteiger partial charge in [0.15, 0.2) is 0 Å². The fourth-order valence-corrected chi connectivity index (χ4v) is 8.40. The highest BCUT2D eigenvalue weighted by atomic mass is 16.2. The molecule has 3 heterocycles. The van der Waals surface area contributed by atoms with E-state index in [0.29, 0.717) is 16.8 Å². The van der Waals surface area contributed by atoms with E-state index in [1.165, 1.54) is 4.90 Å². The molecule has 2 aliphatic rings. The third-order valence-corrected chi connectivity index (χ3v) is 10.7. The third kappa shape index (κ3) is 4.94. The monoisotopic (exact) mass is 693 g/mol. The molecule has 1 aliphatic heterocycles. The highest BCUT2D eigenvalue weighted by Gasteiger charge is 2.44. The van der Waals surface area contributed by atoms with E-state index in [4.69, 9.17) is 0 Å². The van der Waals surface area contributed by atoms with Gasteiger partial charge in [-0.1, -0.05) is 115 Å². The topological polar surface area (TPSA) is 63.2 Å². The highest BCUT2D eigenvalue weighted by molar-refractivity contribution is 6.36. The van der Waals surface area contributed by atoms with E-state index in [-0.39, 0.29) is 17.7 Å². The number of carbonyl (C=O) groups is 2. The van der Waals surface area contributed by atoms with Gasteiger partial charge in [0.05, 0.1) is 16.8 Å². The van der Waals surface area contributed by atoms with Crippen LogP contribution in [-0.4, -0.2) is 21.8 Å². The molecule has 0 unspecified atom stereocenters. The van der Waals surface area contributed by atoms with Crippen LogP contribution < -0.4 is 4.90 Å². The van der Waals surface area contributed by atoms with E-state index in [1.54, 1.807) is 6.07 Å². The van der Waals surface area contributed by atoms with Crippen molar-refractivity contribution in [2.75, 3.05) is 4.90 Å². The van der Waals surface area contributed by atoms with Crippen molar-refractivity contribution in [3.63, 3.8) is 0 Å². The number of hydrogen-bond acceptors (Lipinski definition) is 4. The van der Waals surface area contributed by atoms with E-state index < -0.39 is 0 Å². The standard InChI is InChI=1S/C49H31N3O2/c53-48-41-19-9-18-40(46(41)49(54)52(48)43-21-20-35(31-10-3-1-4-11-31)30-42(43)32-12-5-2-6-13-32)47-44-36(33-22-26-50-27-23-33)14-7-16-38(44)39-17-8-15-37(45(39)47)34-24-28-51-29-25-34/h1-30,47H. The van der Waals surface area contributed by atoms with Gasteiger partial charge in [0.1, 0.15) is 0 Å². The maximum Gasteiger partial charge on any atom is 0.266 e. The molecule has 6 aromatic carbocycles. The molecule has 10 rings (SSSR count). The van der Waals surface area contributed by atoms with Gasteiger partial charge in [0.25, 0.3) is 11.8 Å². The van der Waals surface area contributed by atoms with Crippen LogP contribution in [0.15, 0.2) is 183 Å². The van der Waals surface area contributed by atoms with Crippen LogP contribution in [0.2, 0.25) is 0 Å². The van der Waals surface area contributed by atoms with Crippen LogP contribution >= 0.6 is 0 Å². The summed E-state index contributed by atoms with van der Waals surface area (Å²) >= 11 is 0. The van der Waals surface area contributed by atoms with Gasteiger partial charge in [-0.15, -0.1) is 0 Å².